The Morgan fingerprint density at radius 3 is 2.29 bits per heavy atom. The first kappa shape index (κ1) is 22.7. The molecular weight excluding hydrogens is 438 g/mol. The maximum Gasteiger partial charge on any atom is 0.320 e. The number of rotatable bonds is 10. The smallest absolute Gasteiger partial charge is 0.320 e. The van der Waals surface area contributed by atoms with E-state index < -0.39 is 0 Å². The average Bonchev–Trinajstić information content (AvgIpc) is 3.35. The first-order valence-electron chi connectivity index (χ1n) is 10.4. The lowest BCUT2D eigenvalue weighted by atomic mass is 10.2. The number of aromatic nitrogens is 3. The fourth-order valence-electron chi connectivity index (χ4n) is 3.29. The minimum atomic E-state index is 0.231. The minimum absolute atomic E-state index is 0.231. The van der Waals surface area contributed by atoms with Crippen LogP contribution in [-0.4, -0.2) is 43.6 Å². The van der Waals surface area contributed by atoms with Crippen molar-refractivity contribution in [1.29, 1.82) is 0 Å². The number of ether oxygens (including phenoxy) is 4. The minimum Gasteiger partial charge on any atom is -0.497 e. The second-order valence-electron chi connectivity index (χ2n) is 7.08. The third kappa shape index (κ3) is 5.12. The number of hydrogen-bond acceptors (Lipinski definition) is 10. The van der Waals surface area contributed by atoms with E-state index in [4.69, 9.17) is 23.4 Å². The van der Waals surface area contributed by atoms with E-state index >= 15 is 0 Å². The first-order chi connectivity index (χ1) is 16.6. The van der Waals surface area contributed by atoms with Crippen LogP contribution in [0.3, 0.4) is 0 Å². The van der Waals surface area contributed by atoms with Crippen molar-refractivity contribution in [2.75, 3.05) is 39.1 Å². The van der Waals surface area contributed by atoms with Gasteiger partial charge in [-0.2, -0.15) is 0 Å². The molecule has 0 radical (unpaired) electrons. The van der Waals surface area contributed by atoms with Crippen molar-refractivity contribution in [1.82, 2.24) is 15.2 Å². The lowest BCUT2D eigenvalue weighted by Gasteiger charge is -2.11. The van der Waals surface area contributed by atoms with E-state index in [0.29, 0.717) is 52.5 Å². The van der Waals surface area contributed by atoms with Crippen molar-refractivity contribution >= 4 is 17.5 Å². The Bertz CT molecular complexity index is 1240. The molecule has 2 heterocycles. The second-order valence-corrected chi connectivity index (χ2v) is 7.08. The van der Waals surface area contributed by atoms with E-state index in [1.807, 2.05) is 30.3 Å². The molecule has 2 aromatic carbocycles. The Labute approximate surface area is 196 Å². The van der Waals surface area contributed by atoms with E-state index in [-0.39, 0.29) is 6.01 Å². The van der Waals surface area contributed by atoms with Crippen LogP contribution in [0, 0.1) is 0 Å². The van der Waals surface area contributed by atoms with Gasteiger partial charge in [0, 0.05) is 30.6 Å². The molecule has 0 saturated heterocycles. The topological polar surface area (TPSA) is 113 Å². The summed E-state index contributed by atoms with van der Waals surface area (Å²) in [7, 11) is 6.39. The van der Waals surface area contributed by atoms with Crippen molar-refractivity contribution in [3.05, 3.63) is 60.3 Å². The van der Waals surface area contributed by atoms with Crippen LogP contribution >= 0.6 is 0 Å². The zero-order chi connectivity index (χ0) is 23.9. The molecule has 2 aromatic heterocycles. The molecule has 0 atom stereocenters. The highest BCUT2D eigenvalue weighted by Crippen LogP contribution is 2.32. The molecule has 0 aliphatic carbocycles. The molecule has 0 fully saturated rings. The van der Waals surface area contributed by atoms with Crippen LogP contribution in [0.2, 0.25) is 0 Å². The van der Waals surface area contributed by atoms with Gasteiger partial charge in [0.15, 0.2) is 11.5 Å². The largest absolute Gasteiger partial charge is 0.497 e. The summed E-state index contributed by atoms with van der Waals surface area (Å²) in [4.78, 5) is 4.44. The summed E-state index contributed by atoms with van der Waals surface area (Å²) in [6, 6.07) is 15.0. The summed E-state index contributed by atoms with van der Waals surface area (Å²) >= 11 is 0. The SMILES string of the molecule is COc1cc(CNc2ncccc2-c2nnc(Nc3ccc(OC)c(OC)c3)o2)cc(OC)c1. The standard InChI is InChI=1S/C24H25N5O5/c1-30-17-10-15(11-18(13-17)31-2)14-26-22-19(6-5-9-25-22)23-28-29-24(34-23)27-16-7-8-20(32-3)21(12-16)33-4/h5-13H,14H2,1-4H3,(H,25,26)(H,27,29). The van der Waals surface area contributed by atoms with E-state index in [1.165, 1.54) is 0 Å². The van der Waals surface area contributed by atoms with E-state index in [1.54, 1.807) is 52.8 Å². The maximum absolute atomic E-state index is 5.84. The second kappa shape index (κ2) is 10.4. The van der Waals surface area contributed by atoms with Crippen molar-refractivity contribution in [3.63, 3.8) is 0 Å². The molecule has 0 aliphatic rings. The van der Waals surface area contributed by atoms with Crippen molar-refractivity contribution in [2.45, 2.75) is 6.54 Å². The van der Waals surface area contributed by atoms with Gasteiger partial charge < -0.3 is 34.0 Å². The van der Waals surface area contributed by atoms with E-state index in [2.05, 4.69) is 25.8 Å². The summed E-state index contributed by atoms with van der Waals surface area (Å²) in [6.45, 7) is 0.489. The molecule has 0 bridgehead atoms. The van der Waals surface area contributed by atoms with Gasteiger partial charge in [0.2, 0.25) is 0 Å². The summed E-state index contributed by atoms with van der Waals surface area (Å²) in [5, 5.41) is 14.7. The van der Waals surface area contributed by atoms with Gasteiger partial charge in [-0.3, -0.25) is 0 Å². The van der Waals surface area contributed by atoms with E-state index in [9.17, 15) is 0 Å². The van der Waals surface area contributed by atoms with Crippen LogP contribution < -0.4 is 29.6 Å². The summed E-state index contributed by atoms with van der Waals surface area (Å²) in [5.74, 6) is 3.55. The zero-order valence-corrected chi connectivity index (χ0v) is 19.3. The quantitative estimate of drug-likeness (QED) is 0.348. The third-order valence-corrected chi connectivity index (χ3v) is 4.97. The van der Waals surface area contributed by atoms with Crippen molar-refractivity contribution < 1.29 is 23.4 Å². The molecule has 2 N–H and O–H groups in total. The number of anilines is 3. The van der Waals surface area contributed by atoms with Gasteiger partial charge in [-0.05, 0) is 42.0 Å². The number of nitrogens with zero attached hydrogens (tertiary/aromatic N) is 3. The highest BCUT2D eigenvalue weighted by Gasteiger charge is 2.15. The number of pyridine rings is 1. The molecule has 0 saturated carbocycles. The number of hydrogen-bond donors (Lipinski definition) is 2. The van der Waals surface area contributed by atoms with Crippen LogP contribution in [0.5, 0.6) is 23.0 Å². The lowest BCUT2D eigenvalue weighted by Crippen LogP contribution is -2.03. The Balaban J connectivity index is 1.51. The van der Waals surface area contributed by atoms with Gasteiger partial charge in [0.1, 0.15) is 17.3 Å². The molecule has 0 aliphatic heterocycles. The highest BCUT2D eigenvalue weighted by atomic mass is 16.5. The Kier molecular flexibility index (Phi) is 6.97. The third-order valence-electron chi connectivity index (χ3n) is 4.97. The normalized spacial score (nSPS) is 10.5. The molecule has 34 heavy (non-hydrogen) atoms. The molecule has 10 nitrogen and oxygen atoms in total. The fraction of sp³-hybridized carbons (Fsp3) is 0.208. The Morgan fingerprint density at radius 2 is 1.59 bits per heavy atom. The van der Waals surface area contributed by atoms with Gasteiger partial charge in [-0.15, -0.1) is 5.10 Å². The predicted octanol–water partition coefficient (Wildman–Crippen LogP) is 4.52. The molecule has 4 rings (SSSR count). The van der Waals surface area contributed by atoms with Crippen molar-refractivity contribution in [3.8, 4) is 34.5 Å². The molecule has 10 heteroatoms. The monoisotopic (exact) mass is 463 g/mol. The average molecular weight is 463 g/mol. The molecule has 0 amide bonds. The van der Waals surface area contributed by atoms with E-state index in [0.717, 1.165) is 5.56 Å². The van der Waals surface area contributed by atoms with Gasteiger partial charge in [-0.25, -0.2) is 4.98 Å². The van der Waals surface area contributed by atoms with Crippen LogP contribution in [0.1, 0.15) is 5.56 Å². The number of methoxy groups -OCH3 is 4. The molecule has 176 valence electrons. The van der Waals surface area contributed by atoms with Crippen LogP contribution in [-0.2, 0) is 6.54 Å². The van der Waals surface area contributed by atoms with Crippen LogP contribution in [0.15, 0.2) is 59.1 Å². The van der Waals surface area contributed by atoms with Crippen molar-refractivity contribution in [2.24, 2.45) is 0 Å². The van der Waals surface area contributed by atoms with Crippen LogP contribution in [0.4, 0.5) is 17.5 Å². The summed E-state index contributed by atoms with van der Waals surface area (Å²) in [6.07, 6.45) is 1.69. The first-order valence-corrected chi connectivity index (χ1v) is 10.4. The summed E-state index contributed by atoms with van der Waals surface area (Å²) < 4.78 is 27.1. The molecule has 4 aromatic rings. The Morgan fingerprint density at radius 1 is 0.824 bits per heavy atom. The van der Waals surface area contributed by atoms with Crippen LogP contribution in [0.25, 0.3) is 11.5 Å². The number of nitrogens with one attached hydrogen (secondary N) is 2. The Hall–Kier alpha value is -4.47. The molecule has 0 spiro atoms. The number of benzene rings is 2. The predicted molar refractivity (Wildman–Crippen MR) is 127 cm³/mol. The maximum atomic E-state index is 5.84. The fourth-order valence-corrected chi connectivity index (χ4v) is 3.29. The molecule has 0 unspecified atom stereocenters. The highest BCUT2D eigenvalue weighted by molar-refractivity contribution is 5.69. The lowest BCUT2D eigenvalue weighted by molar-refractivity contribution is 0.355. The van der Waals surface area contributed by atoms with Gasteiger partial charge in [0.25, 0.3) is 5.89 Å². The van der Waals surface area contributed by atoms with Gasteiger partial charge in [0.05, 0.1) is 34.0 Å². The van der Waals surface area contributed by atoms with Gasteiger partial charge >= 0.3 is 6.01 Å². The zero-order valence-electron chi connectivity index (χ0n) is 19.3. The van der Waals surface area contributed by atoms with Gasteiger partial charge in [-0.1, -0.05) is 5.10 Å². The summed E-state index contributed by atoms with van der Waals surface area (Å²) in [5.41, 5.74) is 2.35. The molecular formula is C24H25N5O5.